The summed E-state index contributed by atoms with van der Waals surface area (Å²) in [5.41, 5.74) is 3.59. The standard InChI is InChI=1S/C17H13N3/c1-14-8-10-16(11-9-14)19-13-20-17-7-3-2-5-15(17)6-4-12-18/h2-11H,1H3/b6-4+. The zero-order valence-corrected chi connectivity index (χ0v) is 11.1. The van der Waals surface area contributed by atoms with E-state index >= 15 is 0 Å². The van der Waals surface area contributed by atoms with Crippen molar-refractivity contribution in [2.24, 2.45) is 9.98 Å². The highest BCUT2D eigenvalue weighted by Crippen LogP contribution is 2.19. The van der Waals surface area contributed by atoms with E-state index < -0.39 is 0 Å². The Kier molecular flexibility index (Phi) is 4.61. The van der Waals surface area contributed by atoms with Crippen LogP contribution in [0.5, 0.6) is 0 Å². The maximum atomic E-state index is 8.56. The second kappa shape index (κ2) is 6.84. The highest BCUT2D eigenvalue weighted by atomic mass is 14.8. The molecule has 0 unspecified atom stereocenters. The molecule has 0 aliphatic rings. The zero-order valence-electron chi connectivity index (χ0n) is 11.1. The molecule has 0 atom stereocenters. The monoisotopic (exact) mass is 259 g/mol. The average molecular weight is 259 g/mol. The summed E-state index contributed by atoms with van der Waals surface area (Å²) in [6.45, 7) is 2.03. The maximum absolute atomic E-state index is 8.56. The molecule has 0 saturated carbocycles. The Morgan fingerprint density at radius 2 is 1.75 bits per heavy atom. The minimum atomic E-state index is 0.731. The van der Waals surface area contributed by atoms with Gasteiger partial charge in [0.25, 0.3) is 0 Å². The number of nitriles is 1. The highest BCUT2D eigenvalue weighted by Gasteiger charge is 1.94. The van der Waals surface area contributed by atoms with Crippen LogP contribution in [-0.4, -0.2) is 6.01 Å². The van der Waals surface area contributed by atoms with Gasteiger partial charge in [-0.15, -0.1) is 0 Å². The van der Waals surface area contributed by atoms with Gasteiger partial charge in [0.1, 0.15) is 6.01 Å². The number of aliphatic imine (C=N–C) groups is 2. The van der Waals surface area contributed by atoms with E-state index in [1.165, 1.54) is 11.6 Å². The Morgan fingerprint density at radius 3 is 2.50 bits per heavy atom. The fourth-order valence-corrected chi connectivity index (χ4v) is 1.61. The summed E-state index contributed by atoms with van der Waals surface area (Å²) >= 11 is 0. The molecule has 0 fully saturated rings. The lowest BCUT2D eigenvalue weighted by atomic mass is 10.2. The molecular formula is C17H13N3. The van der Waals surface area contributed by atoms with Crippen molar-refractivity contribution in [3.8, 4) is 6.07 Å². The Bertz CT molecular complexity index is 713. The lowest BCUT2D eigenvalue weighted by Crippen LogP contribution is -1.73. The first-order valence-electron chi connectivity index (χ1n) is 6.18. The Hall–Kier alpha value is -2.95. The van der Waals surface area contributed by atoms with E-state index in [1.807, 2.05) is 61.5 Å². The van der Waals surface area contributed by atoms with Gasteiger partial charge in [0.2, 0.25) is 0 Å². The van der Waals surface area contributed by atoms with Crippen molar-refractivity contribution in [3.63, 3.8) is 0 Å². The molecule has 0 heterocycles. The lowest BCUT2D eigenvalue weighted by molar-refractivity contribution is 1.43. The predicted molar refractivity (Wildman–Crippen MR) is 81.5 cm³/mol. The fraction of sp³-hybridized carbons (Fsp3) is 0.0588. The summed E-state index contributed by atoms with van der Waals surface area (Å²) in [4.78, 5) is 8.36. The van der Waals surface area contributed by atoms with Crippen molar-refractivity contribution in [3.05, 3.63) is 65.7 Å². The Balaban J connectivity index is 2.25. The number of rotatable bonds is 3. The molecular weight excluding hydrogens is 246 g/mol. The first kappa shape index (κ1) is 13.5. The van der Waals surface area contributed by atoms with Crippen LogP contribution in [0.15, 0.2) is 64.6 Å². The maximum Gasteiger partial charge on any atom is 0.100 e. The van der Waals surface area contributed by atoms with Crippen molar-refractivity contribution in [1.82, 2.24) is 0 Å². The lowest BCUT2D eigenvalue weighted by Gasteiger charge is -1.96. The van der Waals surface area contributed by atoms with Crippen molar-refractivity contribution < 1.29 is 0 Å². The molecule has 0 aliphatic carbocycles. The van der Waals surface area contributed by atoms with Crippen molar-refractivity contribution in [2.75, 3.05) is 0 Å². The van der Waals surface area contributed by atoms with E-state index in [9.17, 15) is 0 Å². The summed E-state index contributed by atoms with van der Waals surface area (Å²) in [5.74, 6) is 0. The molecule has 0 bridgehead atoms. The van der Waals surface area contributed by atoms with Gasteiger partial charge in [0.05, 0.1) is 17.4 Å². The number of allylic oxidation sites excluding steroid dienone is 1. The summed E-state index contributed by atoms with van der Waals surface area (Å²) in [6, 6.07) is 20.0. The van der Waals surface area contributed by atoms with Gasteiger partial charge in [-0.25, -0.2) is 0 Å². The minimum absolute atomic E-state index is 0.731. The van der Waals surface area contributed by atoms with E-state index in [4.69, 9.17) is 5.26 Å². The minimum Gasteiger partial charge on any atom is -0.193 e. The second-order valence-corrected chi connectivity index (χ2v) is 4.18. The number of benzene rings is 2. The molecule has 2 aromatic rings. The first-order valence-corrected chi connectivity index (χ1v) is 6.18. The van der Waals surface area contributed by atoms with Crippen molar-refractivity contribution >= 4 is 23.5 Å². The highest BCUT2D eigenvalue weighted by molar-refractivity contribution is 5.68. The first-order chi connectivity index (χ1) is 9.79. The van der Waals surface area contributed by atoms with E-state index in [-0.39, 0.29) is 0 Å². The zero-order chi connectivity index (χ0) is 14.2. The molecule has 0 aromatic heterocycles. The van der Waals surface area contributed by atoms with Gasteiger partial charge >= 0.3 is 0 Å². The molecule has 0 aliphatic heterocycles. The Labute approximate surface area is 118 Å². The van der Waals surface area contributed by atoms with Crippen LogP contribution in [0.3, 0.4) is 0 Å². The summed E-state index contributed by atoms with van der Waals surface area (Å²) in [6.07, 6.45) is 3.14. The van der Waals surface area contributed by atoms with Gasteiger partial charge in [-0.05, 0) is 31.2 Å². The van der Waals surface area contributed by atoms with E-state index in [0.29, 0.717) is 0 Å². The van der Waals surface area contributed by atoms with Gasteiger partial charge in [-0.1, -0.05) is 35.9 Å². The molecule has 3 heteroatoms. The van der Waals surface area contributed by atoms with E-state index in [1.54, 1.807) is 6.08 Å². The van der Waals surface area contributed by atoms with E-state index in [2.05, 4.69) is 16.0 Å². The summed E-state index contributed by atoms with van der Waals surface area (Å²) in [5, 5.41) is 8.56. The number of hydrogen-bond donors (Lipinski definition) is 0. The topological polar surface area (TPSA) is 48.5 Å². The molecule has 2 aromatic carbocycles. The van der Waals surface area contributed by atoms with Crippen molar-refractivity contribution in [1.29, 1.82) is 5.26 Å². The largest absolute Gasteiger partial charge is 0.193 e. The van der Waals surface area contributed by atoms with Gasteiger partial charge in [0.15, 0.2) is 0 Å². The van der Waals surface area contributed by atoms with Crippen molar-refractivity contribution in [2.45, 2.75) is 6.92 Å². The molecule has 3 nitrogen and oxygen atoms in total. The molecule has 0 N–H and O–H groups in total. The van der Waals surface area contributed by atoms with Crippen LogP contribution in [-0.2, 0) is 0 Å². The number of para-hydroxylation sites is 1. The van der Waals surface area contributed by atoms with Crippen LogP contribution in [0.25, 0.3) is 6.08 Å². The normalized spacial score (nSPS) is 9.80. The summed E-state index contributed by atoms with van der Waals surface area (Å²) < 4.78 is 0. The smallest absolute Gasteiger partial charge is 0.100 e. The number of hydrogen-bond acceptors (Lipinski definition) is 3. The van der Waals surface area contributed by atoms with Gasteiger partial charge in [-0.2, -0.15) is 15.2 Å². The molecule has 2 rings (SSSR count). The Morgan fingerprint density at radius 1 is 1.00 bits per heavy atom. The van der Waals surface area contributed by atoms with Crippen LogP contribution in [0.4, 0.5) is 11.4 Å². The van der Waals surface area contributed by atoms with Crippen LogP contribution < -0.4 is 0 Å². The molecule has 0 radical (unpaired) electrons. The van der Waals surface area contributed by atoms with Gasteiger partial charge in [-0.3, -0.25) is 0 Å². The van der Waals surface area contributed by atoms with Gasteiger partial charge in [0, 0.05) is 11.6 Å². The third-order valence-corrected chi connectivity index (χ3v) is 2.66. The quantitative estimate of drug-likeness (QED) is 0.583. The number of aryl methyl sites for hydroxylation is 1. The fourth-order valence-electron chi connectivity index (χ4n) is 1.61. The van der Waals surface area contributed by atoms with Crippen LogP contribution >= 0.6 is 0 Å². The number of nitrogens with zero attached hydrogens (tertiary/aromatic N) is 3. The van der Waals surface area contributed by atoms with Crippen LogP contribution in [0, 0.1) is 18.3 Å². The van der Waals surface area contributed by atoms with Crippen LogP contribution in [0.2, 0.25) is 0 Å². The van der Waals surface area contributed by atoms with Gasteiger partial charge < -0.3 is 0 Å². The average Bonchev–Trinajstić information content (AvgIpc) is 2.48. The second-order valence-electron chi connectivity index (χ2n) is 4.18. The molecule has 0 spiro atoms. The molecule has 96 valence electrons. The third-order valence-electron chi connectivity index (χ3n) is 2.66. The summed E-state index contributed by atoms with van der Waals surface area (Å²) in [7, 11) is 0. The molecule has 0 amide bonds. The SMILES string of the molecule is Cc1ccc(N=C=Nc2ccccc2/C=C/C#N)cc1. The van der Waals surface area contributed by atoms with Crippen LogP contribution in [0.1, 0.15) is 11.1 Å². The predicted octanol–water partition coefficient (Wildman–Crippen LogP) is 4.67. The molecule has 20 heavy (non-hydrogen) atoms. The van der Waals surface area contributed by atoms with E-state index in [0.717, 1.165) is 16.9 Å². The third kappa shape index (κ3) is 3.78. The molecule has 0 saturated heterocycles.